The van der Waals surface area contributed by atoms with Gasteiger partial charge in [-0.3, -0.25) is 14.5 Å². The summed E-state index contributed by atoms with van der Waals surface area (Å²) in [7, 11) is 2.21. The van der Waals surface area contributed by atoms with Crippen molar-refractivity contribution in [3.8, 4) is 0 Å². The Hall–Kier alpha value is -2.23. The van der Waals surface area contributed by atoms with Crippen LogP contribution in [0.15, 0.2) is 58.6 Å². The van der Waals surface area contributed by atoms with Crippen molar-refractivity contribution in [1.82, 2.24) is 10.2 Å². The van der Waals surface area contributed by atoms with Crippen LogP contribution in [-0.4, -0.2) is 76.8 Å². The molecule has 1 N–H and O–H groups in total. The lowest BCUT2D eigenvalue weighted by molar-refractivity contribution is -0.891. The lowest BCUT2D eigenvalue weighted by atomic mass is 10.0. The largest absolute Gasteiger partial charge is 0.543 e. The van der Waals surface area contributed by atoms with Crippen LogP contribution >= 0.6 is 23.5 Å². The predicted octanol–water partition coefficient (Wildman–Crippen LogP) is 0.979. The second kappa shape index (κ2) is 9.72. The average Bonchev–Trinajstić information content (AvgIpc) is 3.22. The number of nitrogens with one attached hydrogen (secondary N) is 1. The Morgan fingerprint density at radius 1 is 1.28 bits per heavy atom. The van der Waals surface area contributed by atoms with Gasteiger partial charge in [0, 0.05) is 23.5 Å². The number of allylic oxidation sites excluding steroid dienone is 1. The number of likely N-dealkylation sites (tertiary alicyclic amines) is 1. The van der Waals surface area contributed by atoms with Gasteiger partial charge in [-0.1, -0.05) is 24.3 Å². The number of fused-ring (bicyclic) bond motifs is 1. The number of aliphatic carboxylic acids is 1. The molecule has 1 aromatic carbocycles. The molecule has 2 saturated heterocycles. The Labute approximate surface area is 196 Å². The Balaban J connectivity index is 1.38. The van der Waals surface area contributed by atoms with E-state index >= 15 is 0 Å². The second-order valence-electron chi connectivity index (χ2n) is 8.58. The molecule has 2 atom stereocenters. The van der Waals surface area contributed by atoms with Crippen LogP contribution in [0.25, 0.3) is 0 Å². The van der Waals surface area contributed by atoms with Gasteiger partial charge < -0.3 is 19.7 Å². The molecule has 0 bridgehead atoms. The molecule has 32 heavy (non-hydrogen) atoms. The molecule has 3 aliphatic heterocycles. The standard InChI is InChI=1S/C23H27N3O4S2/c1-26(11-5-6-12-26)13-7-8-16-14-32-22-19(21(28)25(22)20(16)23(29)30)24-18(27)15-31-17-9-3-2-4-10-17/h2-4,7-10,19,22H,5-6,11-15H2,1H3,(H-,24,27,29,30). The smallest absolute Gasteiger partial charge is 0.253 e. The molecule has 170 valence electrons. The minimum Gasteiger partial charge on any atom is -0.543 e. The SMILES string of the molecule is C[N+]1(CC=CC2=C(C(=O)[O-])N3C(=O)C(NC(=O)CSc4ccccc4)C3SC2)CCCC1. The normalized spacial score (nSPS) is 24.4. The summed E-state index contributed by atoms with van der Waals surface area (Å²) in [5.74, 6) is -1.34. The zero-order valence-electron chi connectivity index (χ0n) is 18.0. The highest BCUT2D eigenvalue weighted by molar-refractivity contribution is 8.00. The first-order valence-corrected chi connectivity index (χ1v) is 12.8. The number of likely N-dealkylation sites (N-methyl/N-ethyl adjacent to an activating group) is 1. The van der Waals surface area contributed by atoms with Gasteiger partial charge >= 0.3 is 0 Å². The zero-order chi connectivity index (χ0) is 22.7. The van der Waals surface area contributed by atoms with E-state index in [0.717, 1.165) is 29.0 Å². The van der Waals surface area contributed by atoms with Gasteiger partial charge in [-0.05, 0) is 23.8 Å². The van der Waals surface area contributed by atoms with Gasteiger partial charge in [0.2, 0.25) is 5.91 Å². The number of hydrogen-bond donors (Lipinski definition) is 1. The molecule has 3 heterocycles. The van der Waals surface area contributed by atoms with Crippen LogP contribution < -0.4 is 10.4 Å². The molecule has 0 aliphatic carbocycles. The van der Waals surface area contributed by atoms with E-state index in [2.05, 4.69) is 12.4 Å². The number of amides is 2. The Morgan fingerprint density at radius 2 is 2.00 bits per heavy atom. The number of quaternary nitrogens is 1. The maximum atomic E-state index is 12.7. The topological polar surface area (TPSA) is 89.5 Å². The highest BCUT2D eigenvalue weighted by Gasteiger charge is 2.52. The molecule has 9 heteroatoms. The molecule has 3 aliphatic rings. The van der Waals surface area contributed by atoms with Crippen LogP contribution in [0.5, 0.6) is 0 Å². The summed E-state index contributed by atoms with van der Waals surface area (Å²) in [6.07, 6.45) is 6.27. The van der Waals surface area contributed by atoms with Crippen LogP contribution in [0.4, 0.5) is 0 Å². The third kappa shape index (κ3) is 4.89. The monoisotopic (exact) mass is 473 g/mol. The van der Waals surface area contributed by atoms with Gasteiger partial charge in [0.1, 0.15) is 11.4 Å². The van der Waals surface area contributed by atoms with E-state index in [1.807, 2.05) is 42.5 Å². The minimum atomic E-state index is -1.35. The second-order valence-corrected chi connectivity index (χ2v) is 10.7. The first kappa shape index (κ1) is 22.9. The van der Waals surface area contributed by atoms with Gasteiger partial charge in [-0.2, -0.15) is 0 Å². The number of β-lactam (4-membered cyclic amide) rings is 1. The van der Waals surface area contributed by atoms with Crippen molar-refractivity contribution in [1.29, 1.82) is 0 Å². The highest BCUT2D eigenvalue weighted by atomic mass is 32.2. The number of carboxylic acids is 1. The lowest BCUT2D eigenvalue weighted by Gasteiger charge is -2.50. The van der Waals surface area contributed by atoms with Crippen LogP contribution in [0.2, 0.25) is 0 Å². The molecule has 2 amide bonds. The molecule has 7 nitrogen and oxygen atoms in total. The van der Waals surface area contributed by atoms with Crippen molar-refractivity contribution >= 4 is 41.3 Å². The minimum absolute atomic E-state index is 0.0664. The number of rotatable bonds is 8. The molecule has 0 radical (unpaired) electrons. The predicted molar refractivity (Wildman–Crippen MR) is 123 cm³/mol. The summed E-state index contributed by atoms with van der Waals surface area (Å²) in [4.78, 5) is 39.2. The summed E-state index contributed by atoms with van der Waals surface area (Å²) in [5.41, 5.74) is 0.526. The van der Waals surface area contributed by atoms with Crippen LogP contribution in [0.3, 0.4) is 0 Å². The molecule has 0 spiro atoms. The Kier molecular flexibility index (Phi) is 6.97. The molecule has 2 fully saturated rings. The van der Waals surface area contributed by atoms with Gasteiger partial charge in [-0.15, -0.1) is 23.5 Å². The summed E-state index contributed by atoms with van der Waals surface area (Å²) >= 11 is 2.86. The van der Waals surface area contributed by atoms with E-state index in [9.17, 15) is 19.5 Å². The van der Waals surface area contributed by atoms with Crippen LogP contribution in [-0.2, 0) is 14.4 Å². The number of benzene rings is 1. The molecular weight excluding hydrogens is 446 g/mol. The maximum absolute atomic E-state index is 12.7. The first-order chi connectivity index (χ1) is 15.4. The van der Waals surface area contributed by atoms with Gasteiger partial charge in [0.25, 0.3) is 5.91 Å². The number of carbonyl (C=O) groups excluding carboxylic acids is 3. The fourth-order valence-corrected chi connectivity index (χ4v) is 6.42. The molecule has 0 aromatic heterocycles. The van der Waals surface area contributed by atoms with Crippen molar-refractivity contribution in [2.45, 2.75) is 29.2 Å². The molecule has 1 aromatic rings. The van der Waals surface area contributed by atoms with Crippen LogP contribution in [0, 0.1) is 0 Å². The molecule has 0 saturated carbocycles. The highest BCUT2D eigenvalue weighted by Crippen LogP contribution is 2.40. The fourth-order valence-electron chi connectivity index (χ4n) is 4.37. The summed E-state index contributed by atoms with van der Waals surface area (Å²) in [6.45, 7) is 3.09. The van der Waals surface area contributed by atoms with Crippen molar-refractivity contribution < 1.29 is 24.0 Å². The summed E-state index contributed by atoms with van der Waals surface area (Å²) in [6, 6.07) is 8.84. The average molecular weight is 474 g/mol. The number of thioether (sulfide) groups is 2. The van der Waals surface area contributed by atoms with Gasteiger partial charge in [0.15, 0.2) is 0 Å². The van der Waals surface area contributed by atoms with Crippen molar-refractivity contribution in [2.24, 2.45) is 0 Å². The zero-order valence-corrected chi connectivity index (χ0v) is 19.6. The Morgan fingerprint density at radius 3 is 2.69 bits per heavy atom. The third-order valence-electron chi connectivity index (χ3n) is 6.13. The van der Waals surface area contributed by atoms with Gasteiger partial charge in [0.05, 0.1) is 44.1 Å². The number of hydrogen-bond acceptors (Lipinski definition) is 6. The van der Waals surface area contributed by atoms with Crippen molar-refractivity contribution in [3.63, 3.8) is 0 Å². The third-order valence-corrected chi connectivity index (χ3v) is 8.45. The maximum Gasteiger partial charge on any atom is 0.253 e. The van der Waals surface area contributed by atoms with E-state index in [1.54, 1.807) is 0 Å². The summed E-state index contributed by atoms with van der Waals surface area (Å²) < 4.78 is 0.956. The van der Waals surface area contributed by atoms with E-state index < -0.39 is 23.3 Å². The van der Waals surface area contributed by atoms with E-state index in [0.29, 0.717) is 11.3 Å². The Bertz CT molecular complexity index is 957. The fraction of sp³-hybridized carbons (Fsp3) is 0.435. The van der Waals surface area contributed by atoms with Crippen LogP contribution in [0.1, 0.15) is 12.8 Å². The lowest BCUT2D eigenvalue weighted by Crippen LogP contribution is -2.71. The number of carbonyl (C=O) groups is 3. The van der Waals surface area contributed by atoms with E-state index in [-0.39, 0.29) is 17.4 Å². The molecular formula is C23H27N3O4S2. The number of carboxylic acid groups (broad SMARTS) is 1. The van der Waals surface area contributed by atoms with Gasteiger partial charge in [-0.25, -0.2) is 0 Å². The first-order valence-electron chi connectivity index (χ1n) is 10.7. The van der Waals surface area contributed by atoms with Crippen molar-refractivity contribution in [3.05, 3.63) is 53.8 Å². The molecule has 2 unspecified atom stereocenters. The number of nitrogens with zero attached hydrogens (tertiary/aromatic N) is 2. The summed E-state index contributed by atoms with van der Waals surface area (Å²) in [5, 5.41) is 14.2. The quantitative estimate of drug-likeness (QED) is 0.344. The van der Waals surface area contributed by atoms with E-state index in [4.69, 9.17) is 0 Å². The molecule has 4 rings (SSSR count). The van der Waals surface area contributed by atoms with E-state index in [1.165, 1.54) is 41.3 Å². The van der Waals surface area contributed by atoms with Crippen molar-refractivity contribution in [2.75, 3.05) is 38.2 Å².